The van der Waals surface area contributed by atoms with Crippen LogP contribution in [-0.2, 0) is 16.1 Å². The first-order valence-electron chi connectivity index (χ1n) is 10.7. The molecule has 34 heavy (non-hydrogen) atoms. The van der Waals surface area contributed by atoms with Gasteiger partial charge in [-0.2, -0.15) is 0 Å². The summed E-state index contributed by atoms with van der Waals surface area (Å²) in [4.78, 5) is 37.4. The number of rotatable bonds is 10. The zero-order valence-corrected chi connectivity index (χ0v) is 21.3. The number of amides is 2. The van der Waals surface area contributed by atoms with E-state index in [4.69, 9.17) is 14.9 Å². The molecule has 12 heteroatoms. The molecule has 3 rings (SSSR count). The van der Waals surface area contributed by atoms with Crippen LogP contribution in [0, 0.1) is 13.8 Å². The molecule has 10 nitrogen and oxygen atoms in total. The van der Waals surface area contributed by atoms with Crippen LogP contribution in [0.25, 0.3) is 11.4 Å². The van der Waals surface area contributed by atoms with Crippen LogP contribution >= 0.6 is 23.1 Å². The second-order valence-corrected chi connectivity index (χ2v) is 9.73. The second-order valence-electron chi connectivity index (χ2n) is 7.76. The van der Waals surface area contributed by atoms with Crippen LogP contribution in [0.2, 0.25) is 0 Å². The minimum Gasteiger partial charge on any atom is -0.469 e. The predicted molar refractivity (Wildman–Crippen MR) is 130 cm³/mol. The van der Waals surface area contributed by atoms with E-state index >= 15 is 0 Å². The lowest BCUT2D eigenvalue weighted by Gasteiger charge is -2.11. The molecular weight excluding hydrogens is 478 g/mol. The molecule has 3 aromatic heterocycles. The molecular formula is C22H27N5O5S2. The quantitative estimate of drug-likeness (QED) is 0.311. The summed E-state index contributed by atoms with van der Waals surface area (Å²) in [6.07, 6.45) is 2.09. The summed E-state index contributed by atoms with van der Waals surface area (Å²) in [7, 11) is 0. The fourth-order valence-electron chi connectivity index (χ4n) is 3.29. The van der Waals surface area contributed by atoms with Gasteiger partial charge in [-0.05, 0) is 45.7 Å². The lowest BCUT2D eigenvalue weighted by atomic mass is 10.1. The second kappa shape index (κ2) is 10.9. The van der Waals surface area contributed by atoms with Gasteiger partial charge in [-0.15, -0.1) is 21.5 Å². The monoisotopic (exact) mass is 505 g/mol. The van der Waals surface area contributed by atoms with Crippen molar-refractivity contribution in [1.29, 1.82) is 0 Å². The van der Waals surface area contributed by atoms with Gasteiger partial charge >= 0.3 is 5.97 Å². The maximum Gasteiger partial charge on any atom is 0.341 e. The van der Waals surface area contributed by atoms with E-state index in [2.05, 4.69) is 15.5 Å². The number of anilines is 1. The average molecular weight is 506 g/mol. The number of thiophene rings is 1. The molecule has 0 spiro atoms. The number of carbonyl (C=O) groups is 3. The third-order valence-corrected chi connectivity index (χ3v) is 6.96. The number of hydrogen-bond donors (Lipinski definition) is 2. The summed E-state index contributed by atoms with van der Waals surface area (Å²) in [5, 5.41) is 12.1. The number of thioether (sulfide) groups is 1. The first-order valence-corrected chi connectivity index (χ1v) is 12.5. The first kappa shape index (κ1) is 25.5. The van der Waals surface area contributed by atoms with E-state index < -0.39 is 11.9 Å². The van der Waals surface area contributed by atoms with Crippen molar-refractivity contribution in [2.24, 2.45) is 5.73 Å². The van der Waals surface area contributed by atoms with Crippen LogP contribution in [0.5, 0.6) is 0 Å². The number of furan rings is 1. The number of carbonyl (C=O) groups excluding carboxylic acids is 3. The lowest BCUT2D eigenvalue weighted by Crippen LogP contribution is -2.18. The highest BCUT2D eigenvalue weighted by Crippen LogP contribution is 2.34. The summed E-state index contributed by atoms with van der Waals surface area (Å²) in [6, 6.07) is 1.83. The number of nitrogens with zero attached hydrogens (tertiary/aromatic N) is 3. The number of nitrogens with one attached hydrogen (secondary N) is 1. The van der Waals surface area contributed by atoms with Gasteiger partial charge < -0.3 is 24.8 Å². The Morgan fingerprint density at radius 2 is 2.03 bits per heavy atom. The number of esters is 1. The topological polar surface area (TPSA) is 142 Å². The van der Waals surface area contributed by atoms with E-state index in [9.17, 15) is 14.4 Å². The molecule has 0 aliphatic rings. The fourth-order valence-corrected chi connectivity index (χ4v) is 5.11. The van der Waals surface area contributed by atoms with Crippen molar-refractivity contribution in [2.75, 3.05) is 11.1 Å². The van der Waals surface area contributed by atoms with Gasteiger partial charge in [0.25, 0.3) is 5.91 Å². The van der Waals surface area contributed by atoms with Gasteiger partial charge in [0, 0.05) is 6.54 Å². The molecule has 0 aliphatic heterocycles. The number of aryl methyl sites for hydroxylation is 1. The Hall–Kier alpha value is -3.12. The number of primary amides is 1. The maximum absolute atomic E-state index is 12.8. The van der Waals surface area contributed by atoms with Crippen LogP contribution in [0.1, 0.15) is 58.5 Å². The molecule has 0 bridgehead atoms. The van der Waals surface area contributed by atoms with Crippen molar-refractivity contribution in [1.82, 2.24) is 14.8 Å². The van der Waals surface area contributed by atoms with Gasteiger partial charge in [0.15, 0.2) is 11.0 Å². The van der Waals surface area contributed by atoms with E-state index in [0.29, 0.717) is 23.1 Å². The fraction of sp³-hybridized carbons (Fsp3) is 0.409. The normalized spacial score (nSPS) is 11.1. The van der Waals surface area contributed by atoms with Crippen LogP contribution in [0.3, 0.4) is 0 Å². The zero-order chi connectivity index (χ0) is 25.0. The van der Waals surface area contributed by atoms with E-state index in [0.717, 1.165) is 29.1 Å². The highest BCUT2D eigenvalue weighted by atomic mass is 32.2. The van der Waals surface area contributed by atoms with E-state index in [-0.39, 0.29) is 33.2 Å². The minimum absolute atomic E-state index is 0.0216. The number of aromatic nitrogens is 3. The van der Waals surface area contributed by atoms with E-state index in [1.54, 1.807) is 27.0 Å². The standard InChI is InChI=1S/C22H27N5O5S2/c1-6-8-27-19(14-7-9-31-13(14)5)25-26-22(27)33-10-15(28)24-20-16(21(30)32-11(2)3)12(4)17(34-20)18(23)29/h7,9,11H,6,8,10H2,1-5H3,(H2,23,29)(H,24,28). The van der Waals surface area contributed by atoms with E-state index in [1.807, 2.05) is 24.5 Å². The molecule has 3 heterocycles. The molecule has 0 atom stereocenters. The molecule has 0 saturated heterocycles. The lowest BCUT2D eigenvalue weighted by molar-refractivity contribution is -0.113. The summed E-state index contributed by atoms with van der Waals surface area (Å²) in [5.74, 6) is -0.234. The Bertz CT molecular complexity index is 1210. The van der Waals surface area contributed by atoms with Crippen LogP contribution in [0.4, 0.5) is 5.00 Å². The maximum atomic E-state index is 12.8. The number of ether oxygens (including phenoxy) is 1. The summed E-state index contributed by atoms with van der Waals surface area (Å²) in [5.41, 5.74) is 6.81. The van der Waals surface area contributed by atoms with Gasteiger partial charge in [-0.1, -0.05) is 18.7 Å². The summed E-state index contributed by atoms with van der Waals surface area (Å²) >= 11 is 2.18. The molecule has 0 fully saturated rings. The smallest absolute Gasteiger partial charge is 0.341 e. The van der Waals surface area contributed by atoms with Crippen LogP contribution in [-0.4, -0.2) is 44.4 Å². The van der Waals surface area contributed by atoms with Crippen LogP contribution < -0.4 is 11.1 Å². The zero-order valence-electron chi connectivity index (χ0n) is 19.6. The van der Waals surface area contributed by atoms with Crippen LogP contribution in [0.15, 0.2) is 21.9 Å². The van der Waals surface area contributed by atoms with Gasteiger partial charge in [0.2, 0.25) is 5.91 Å². The van der Waals surface area contributed by atoms with Crippen molar-refractivity contribution in [3.8, 4) is 11.4 Å². The molecule has 0 unspecified atom stereocenters. The highest BCUT2D eigenvalue weighted by molar-refractivity contribution is 7.99. The van der Waals surface area contributed by atoms with Crippen molar-refractivity contribution in [3.05, 3.63) is 34.1 Å². The van der Waals surface area contributed by atoms with Gasteiger partial charge in [-0.3, -0.25) is 9.59 Å². The molecule has 0 saturated carbocycles. The van der Waals surface area contributed by atoms with Gasteiger partial charge in [-0.25, -0.2) is 4.79 Å². The van der Waals surface area contributed by atoms with Crippen molar-refractivity contribution < 1.29 is 23.5 Å². The third-order valence-electron chi connectivity index (χ3n) is 4.77. The largest absolute Gasteiger partial charge is 0.469 e. The molecule has 0 radical (unpaired) electrons. The molecule has 3 aromatic rings. The summed E-state index contributed by atoms with van der Waals surface area (Å²) in [6.45, 7) is 9.61. The Labute approximate surface area is 205 Å². The third kappa shape index (κ3) is 5.50. The molecule has 182 valence electrons. The molecule has 0 aliphatic carbocycles. The van der Waals surface area contributed by atoms with Gasteiger partial charge in [0.1, 0.15) is 10.8 Å². The van der Waals surface area contributed by atoms with E-state index in [1.165, 1.54) is 11.8 Å². The average Bonchev–Trinajstić information content (AvgIpc) is 3.43. The Kier molecular flexibility index (Phi) is 8.15. The first-order chi connectivity index (χ1) is 16.1. The van der Waals surface area contributed by atoms with Gasteiger partial charge in [0.05, 0.1) is 34.1 Å². The minimum atomic E-state index is -0.675. The predicted octanol–water partition coefficient (Wildman–Crippen LogP) is 4.02. The van der Waals surface area contributed by atoms with Crippen molar-refractivity contribution in [3.63, 3.8) is 0 Å². The molecule has 2 amide bonds. The Balaban J connectivity index is 1.79. The molecule has 0 aromatic carbocycles. The van der Waals surface area contributed by atoms with Crippen molar-refractivity contribution >= 4 is 45.9 Å². The number of nitrogens with two attached hydrogens (primary N) is 1. The summed E-state index contributed by atoms with van der Waals surface area (Å²) < 4.78 is 12.6. The Morgan fingerprint density at radius 3 is 2.62 bits per heavy atom. The highest BCUT2D eigenvalue weighted by Gasteiger charge is 2.26. The SMILES string of the molecule is CCCn1c(SCC(=O)Nc2sc(C(N)=O)c(C)c2C(=O)OC(C)C)nnc1-c1ccoc1C. The Morgan fingerprint density at radius 1 is 1.29 bits per heavy atom. The molecule has 3 N–H and O–H groups in total. The van der Waals surface area contributed by atoms with Crippen molar-refractivity contribution in [2.45, 2.75) is 58.8 Å². The number of hydrogen-bond acceptors (Lipinski definition) is 9.